The fourth-order valence-corrected chi connectivity index (χ4v) is 2.36. The van der Waals surface area contributed by atoms with Crippen LogP contribution >= 0.6 is 11.3 Å². The summed E-state index contributed by atoms with van der Waals surface area (Å²) in [6, 6.07) is 4.37. The van der Waals surface area contributed by atoms with Gasteiger partial charge in [-0.25, -0.2) is 0 Å². The molecule has 1 saturated heterocycles. The van der Waals surface area contributed by atoms with Crippen LogP contribution in [-0.2, 0) is 6.42 Å². The van der Waals surface area contributed by atoms with Crippen molar-refractivity contribution in [1.82, 2.24) is 10.2 Å². The molecule has 0 amide bonds. The van der Waals surface area contributed by atoms with Crippen molar-refractivity contribution in [3.05, 3.63) is 22.4 Å². The van der Waals surface area contributed by atoms with Gasteiger partial charge in [-0.05, 0) is 17.9 Å². The molecule has 0 saturated carbocycles. The van der Waals surface area contributed by atoms with Crippen molar-refractivity contribution in [3.8, 4) is 0 Å². The van der Waals surface area contributed by atoms with Gasteiger partial charge in [-0.15, -0.1) is 11.3 Å². The average molecular weight is 196 g/mol. The monoisotopic (exact) mass is 196 g/mol. The predicted molar refractivity (Wildman–Crippen MR) is 57.3 cm³/mol. The zero-order chi connectivity index (χ0) is 8.93. The van der Waals surface area contributed by atoms with Gasteiger partial charge < -0.3 is 10.2 Å². The van der Waals surface area contributed by atoms with Gasteiger partial charge in [0, 0.05) is 37.6 Å². The van der Waals surface area contributed by atoms with E-state index in [-0.39, 0.29) is 0 Å². The first-order chi connectivity index (χ1) is 6.45. The Balaban J connectivity index is 1.72. The molecule has 0 aromatic carbocycles. The molecule has 2 nitrogen and oxygen atoms in total. The molecule has 0 aliphatic carbocycles. The van der Waals surface area contributed by atoms with Gasteiger partial charge in [0.2, 0.25) is 0 Å². The third-order valence-electron chi connectivity index (χ3n) is 2.46. The lowest BCUT2D eigenvalue weighted by atomic mass is 10.3. The van der Waals surface area contributed by atoms with Crippen LogP contribution in [0.1, 0.15) is 4.88 Å². The quantitative estimate of drug-likeness (QED) is 0.781. The molecule has 0 bridgehead atoms. The van der Waals surface area contributed by atoms with Crippen LogP contribution in [0.25, 0.3) is 0 Å². The zero-order valence-corrected chi connectivity index (χ0v) is 8.65. The first-order valence-corrected chi connectivity index (χ1v) is 5.78. The Bertz CT molecular complexity index is 227. The van der Waals surface area contributed by atoms with E-state index in [0.717, 1.165) is 13.1 Å². The molecule has 1 aromatic rings. The Morgan fingerprint density at radius 1 is 1.38 bits per heavy atom. The van der Waals surface area contributed by atoms with E-state index in [2.05, 4.69) is 27.7 Å². The molecule has 13 heavy (non-hydrogen) atoms. The largest absolute Gasteiger partial charge is 0.314 e. The summed E-state index contributed by atoms with van der Waals surface area (Å²) in [5.74, 6) is 0. The van der Waals surface area contributed by atoms with Crippen LogP contribution in [-0.4, -0.2) is 37.6 Å². The van der Waals surface area contributed by atoms with E-state index in [0.29, 0.717) is 0 Å². The third-order valence-corrected chi connectivity index (χ3v) is 3.40. The minimum Gasteiger partial charge on any atom is -0.314 e. The molecule has 1 fully saturated rings. The maximum atomic E-state index is 3.37. The Hall–Kier alpha value is -0.380. The second-order valence-electron chi connectivity index (χ2n) is 3.42. The molecule has 0 spiro atoms. The Labute approximate surface area is 83.6 Å². The van der Waals surface area contributed by atoms with Gasteiger partial charge in [-0.1, -0.05) is 6.07 Å². The summed E-state index contributed by atoms with van der Waals surface area (Å²) >= 11 is 1.87. The van der Waals surface area contributed by atoms with E-state index in [1.807, 2.05) is 11.3 Å². The van der Waals surface area contributed by atoms with E-state index in [1.165, 1.54) is 30.9 Å². The Morgan fingerprint density at radius 2 is 2.23 bits per heavy atom. The summed E-state index contributed by atoms with van der Waals surface area (Å²) in [5.41, 5.74) is 0. The number of hydrogen-bond acceptors (Lipinski definition) is 3. The maximum absolute atomic E-state index is 3.37. The topological polar surface area (TPSA) is 15.3 Å². The average Bonchev–Trinajstić information content (AvgIpc) is 2.69. The molecule has 1 aliphatic rings. The lowest BCUT2D eigenvalue weighted by Crippen LogP contribution is -2.44. The van der Waals surface area contributed by atoms with Gasteiger partial charge in [-0.3, -0.25) is 0 Å². The van der Waals surface area contributed by atoms with Crippen LogP contribution in [0.15, 0.2) is 17.5 Å². The first kappa shape index (κ1) is 9.19. The molecule has 0 unspecified atom stereocenters. The van der Waals surface area contributed by atoms with E-state index >= 15 is 0 Å². The maximum Gasteiger partial charge on any atom is 0.0108 e. The highest BCUT2D eigenvalue weighted by Gasteiger charge is 2.08. The molecular weight excluding hydrogens is 180 g/mol. The van der Waals surface area contributed by atoms with Gasteiger partial charge in [0.1, 0.15) is 0 Å². The van der Waals surface area contributed by atoms with Crippen LogP contribution in [0.3, 0.4) is 0 Å². The van der Waals surface area contributed by atoms with Crippen molar-refractivity contribution >= 4 is 11.3 Å². The number of piperazine rings is 1. The number of nitrogens with one attached hydrogen (secondary N) is 1. The summed E-state index contributed by atoms with van der Waals surface area (Å²) in [5, 5.41) is 5.53. The minimum absolute atomic E-state index is 1.16. The molecule has 2 heterocycles. The second kappa shape index (κ2) is 4.74. The standard InChI is InChI=1S/C10H16N2S/c1-2-10(13-9-1)3-6-12-7-4-11-5-8-12/h1-2,9,11H,3-8H2. The van der Waals surface area contributed by atoms with Gasteiger partial charge in [0.25, 0.3) is 0 Å². The first-order valence-electron chi connectivity index (χ1n) is 4.90. The van der Waals surface area contributed by atoms with E-state index < -0.39 is 0 Å². The van der Waals surface area contributed by atoms with Gasteiger partial charge in [0.05, 0.1) is 0 Å². The van der Waals surface area contributed by atoms with Crippen molar-refractivity contribution in [2.45, 2.75) is 6.42 Å². The van der Waals surface area contributed by atoms with Crippen LogP contribution in [0.5, 0.6) is 0 Å². The summed E-state index contributed by atoms with van der Waals surface area (Å²) in [4.78, 5) is 4.05. The van der Waals surface area contributed by atoms with Crippen LogP contribution in [0, 0.1) is 0 Å². The summed E-state index contributed by atoms with van der Waals surface area (Å²) in [6.07, 6.45) is 1.22. The summed E-state index contributed by atoms with van der Waals surface area (Å²) in [7, 11) is 0. The van der Waals surface area contributed by atoms with E-state index in [9.17, 15) is 0 Å². The lowest BCUT2D eigenvalue weighted by Gasteiger charge is -2.26. The van der Waals surface area contributed by atoms with Crippen molar-refractivity contribution in [1.29, 1.82) is 0 Å². The van der Waals surface area contributed by atoms with Crippen LogP contribution < -0.4 is 5.32 Å². The minimum atomic E-state index is 1.16. The molecule has 72 valence electrons. The van der Waals surface area contributed by atoms with Gasteiger partial charge in [0.15, 0.2) is 0 Å². The van der Waals surface area contributed by atoms with Crippen molar-refractivity contribution in [3.63, 3.8) is 0 Å². The van der Waals surface area contributed by atoms with Crippen molar-refractivity contribution < 1.29 is 0 Å². The molecule has 1 aromatic heterocycles. The van der Waals surface area contributed by atoms with Crippen molar-refractivity contribution in [2.24, 2.45) is 0 Å². The predicted octanol–water partition coefficient (Wildman–Crippen LogP) is 1.20. The Kier molecular flexibility index (Phi) is 3.35. The third kappa shape index (κ3) is 2.79. The van der Waals surface area contributed by atoms with Crippen LogP contribution in [0.4, 0.5) is 0 Å². The number of hydrogen-bond donors (Lipinski definition) is 1. The van der Waals surface area contributed by atoms with Crippen LogP contribution in [0.2, 0.25) is 0 Å². The fraction of sp³-hybridized carbons (Fsp3) is 0.600. The lowest BCUT2D eigenvalue weighted by molar-refractivity contribution is 0.244. The van der Waals surface area contributed by atoms with Gasteiger partial charge in [-0.2, -0.15) is 0 Å². The summed E-state index contributed by atoms with van der Waals surface area (Å²) < 4.78 is 0. The van der Waals surface area contributed by atoms with E-state index in [4.69, 9.17) is 0 Å². The molecular formula is C10H16N2S. The Morgan fingerprint density at radius 3 is 2.92 bits per heavy atom. The molecule has 2 rings (SSSR count). The fourth-order valence-electron chi connectivity index (χ4n) is 1.66. The number of thiophene rings is 1. The highest BCUT2D eigenvalue weighted by Crippen LogP contribution is 2.09. The second-order valence-corrected chi connectivity index (χ2v) is 4.45. The normalized spacial score (nSPS) is 19.1. The van der Waals surface area contributed by atoms with Gasteiger partial charge >= 0.3 is 0 Å². The molecule has 3 heteroatoms. The number of rotatable bonds is 3. The molecule has 0 atom stereocenters. The molecule has 0 radical (unpaired) electrons. The highest BCUT2D eigenvalue weighted by molar-refractivity contribution is 7.09. The summed E-state index contributed by atoms with van der Waals surface area (Å²) in [6.45, 7) is 5.97. The molecule has 1 aliphatic heterocycles. The van der Waals surface area contributed by atoms with Crippen molar-refractivity contribution in [2.75, 3.05) is 32.7 Å². The smallest absolute Gasteiger partial charge is 0.0108 e. The number of nitrogens with zero attached hydrogens (tertiary/aromatic N) is 1. The highest BCUT2D eigenvalue weighted by atomic mass is 32.1. The zero-order valence-electron chi connectivity index (χ0n) is 7.83. The SMILES string of the molecule is c1csc(CCN2CCNCC2)c1. The molecule has 1 N–H and O–H groups in total. The van der Waals surface area contributed by atoms with E-state index in [1.54, 1.807) is 0 Å².